The van der Waals surface area contributed by atoms with Gasteiger partial charge in [-0.2, -0.15) is 0 Å². The highest BCUT2D eigenvalue weighted by Gasteiger charge is 2.32. The van der Waals surface area contributed by atoms with Crippen molar-refractivity contribution in [3.8, 4) is 39.6 Å². The lowest BCUT2D eigenvalue weighted by molar-refractivity contribution is -0.143. The van der Waals surface area contributed by atoms with E-state index in [1.165, 1.54) is 22.4 Å². The Labute approximate surface area is 737 Å². The average molecular weight is 1720 g/mol. The first-order valence-electron chi connectivity index (χ1n) is 37.8. The van der Waals surface area contributed by atoms with Crippen molar-refractivity contribution < 1.29 is 63.2 Å². The highest BCUT2D eigenvalue weighted by Crippen LogP contribution is 2.43. The molecule has 0 spiro atoms. The van der Waals surface area contributed by atoms with Crippen LogP contribution in [0.5, 0.6) is 17.2 Å². The molecule has 1 atom stereocenters. The van der Waals surface area contributed by atoms with E-state index in [9.17, 15) is 24.3 Å². The second-order valence-electron chi connectivity index (χ2n) is 26.8. The minimum atomic E-state index is -1.43. The summed E-state index contributed by atoms with van der Waals surface area (Å²) in [4.78, 5) is 70.7. The third-order valence-electron chi connectivity index (χ3n) is 18.8. The highest BCUT2D eigenvalue weighted by atomic mass is 35.5. The second kappa shape index (κ2) is 47.9. The van der Waals surface area contributed by atoms with Crippen molar-refractivity contribution in [1.29, 1.82) is 0 Å². The fourth-order valence-electron chi connectivity index (χ4n) is 12.9. The van der Waals surface area contributed by atoms with Gasteiger partial charge in [-0.15, -0.1) is 0 Å². The maximum absolute atomic E-state index is 13.5. The van der Waals surface area contributed by atoms with Gasteiger partial charge < -0.3 is 55.0 Å². The minimum Gasteiger partial charge on any atom is -0.497 e. The Hall–Kier alpha value is -13.8. The van der Waals surface area contributed by atoms with Gasteiger partial charge in [0.2, 0.25) is 6.29 Å². The van der Waals surface area contributed by atoms with E-state index in [0.29, 0.717) is 88.9 Å². The molecule has 3 radical (unpaired) electrons. The number of rotatable bonds is 24. The number of halogens is 4. The molecule has 0 saturated heterocycles. The number of carbonyl (C=O) groups excluding carboxylic acids is 4. The summed E-state index contributed by atoms with van der Waals surface area (Å²) < 4.78 is 17.9. The van der Waals surface area contributed by atoms with E-state index in [1.807, 2.05) is 146 Å². The molecule has 0 aliphatic rings. The maximum atomic E-state index is 13.5. The molecule has 619 valence electrons. The summed E-state index contributed by atoms with van der Waals surface area (Å²) in [6, 6.07) is 110. The van der Waals surface area contributed by atoms with E-state index >= 15 is 0 Å². The summed E-state index contributed by atoms with van der Waals surface area (Å²) in [5.41, 5.74) is 20.7. The molecule has 23 heteroatoms. The molecule has 15 aromatic rings. The minimum absolute atomic E-state index is 0. The van der Waals surface area contributed by atoms with Crippen molar-refractivity contribution in [2.24, 2.45) is 0 Å². The molecule has 0 amide bonds. The highest BCUT2D eigenvalue weighted by molar-refractivity contribution is 6.58. The summed E-state index contributed by atoms with van der Waals surface area (Å²) in [6.45, 7) is 1.69. The van der Waals surface area contributed by atoms with Gasteiger partial charge in [0, 0.05) is 115 Å². The van der Waals surface area contributed by atoms with E-state index in [1.54, 1.807) is 160 Å². The fourth-order valence-corrected chi connectivity index (χ4v) is 13.6. The van der Waals surface area contributed by atoms with Crippen molar-refractivity contribution >= 4 is 131 Å². The number of nitrogen functional groups attached to an aromatic ring is 1. The molecule has 7 N–H and O–H groups in total. The summed E-state index contributed by atoms with van der Waals surface area (Å²) >= 11 is 24.7. The topological polar surface area (TPSA) is 257 Å². The van der Waals surface area contributed by atoms with Crippen LogP contribution < -0.4 is 35.6 Å². The predicted octanol–water partition coefficient (Wildman–Crippen LogP) is 21.3. The van der Waals surface area contributed by atoms with Crippen LogP contribution in [-0.2, 0) is 34.0 Å². The van der Waals surface area contributed by atoms with Crippen molar-refractivity contribution in [1.82, 2.24) is 4.57 Å². The monoisotopic (exact) mass is 1710 g/mol. The van der Waals surface area contributed by atoms with Crippen LogP contribution in [0.15, 0.2) is 358 Å². The molecule has 0 aliphatic carbocycles. The van der Waals surface area contributed by atoms with Crippen LogP contribution in [0.3, 0.4) is 0 Å². The van der Waals surface area contributed by atoms with Gasteiger partial charge in [0.05, 0.1) is 27.0 Å². The van der Waals surface area contributed by atoms with Crippen molar-refractivity contribution in [3.05, 3.63) is 434 Å². The van der Waals surface area contributed by atoms with Crippen LogP contribution in [0.25, 0.3) is 33.3 Å². The number of benzene rings is 14. The lowest BCUT2D eigenvalue weighted by atomic mass is 9.80. The Kier molecular flexibility index (Phi) is 36.9. The van der Waals surface area contributed by atoms with E-state index in [4.69, 9.17) is 91.1 Å². The number of methoxy groups -OCH3 is 3. The molecule has 0 fully saturated rings. The van der Waals surface area contributed by atoms with Crippen molar-refractivity contribution in [3.63, 3.8) is 0 Å². The van der Waals surface area contributed by atoms with E-state index < -0.39 is 25.1 Å². The number of aromatic nitrogens is 1. The predicted molar refractivity (Wildman–Crippen MR) is 497 cm³/mol. The van der Waals surface area contributed by atoms with Crippen molar-refractivity contribution in [2.75, 3.05) is 37.3 Å². The number of anilines is 3. The number of ketones is 3. The molecule has 1 unspecified atom stereocenters. The Morgan fingerprint density at radius 3 is 1.32 bits per heavy atom. The van der Waals surface area contributed by atoms with Crippen LogP contribution in [-0.4, -0.2) is 97.3 Å². The van der Waals surface area contributed by atoms with Crippen LogP contribution in [0.4, 0.5) is 17.1 Å². The van der Waals surface area contributed by atoms with Gasteiger partial charge in [0.25, 0.3) is 0 Å². The van der Waals surface area contributed by atoms with Gasteiger partial charge in [0.15, 0.2) is 23.4 Å². The molecular formula is C100H87B2Cl4N4O13. The van der Waals surface area contributed by atoms with Gasteiger partial charge in [-0.1, -0.05) is 290 Å². The molecule has 0 saturated carbocycles. The Balaban J connectivity index is 0.000000195. The first-order valence-corrected chi connectivity index (χ1v) is 39.3. The number of hydrogen-bond acceptors (Lipinski definition) is 14. The van der Waals surface area contributed by atoms with Gasteiger partial charge >= 0.3 is 19.1 Å². The number of hydrogen-bond donors (Lipinski definition) is 6. The summed E-state index contributed by atoms with van der Waals surface area (Å²) in [5.74, 6) is -0.680. The lowest BCUT2D eigenvalue weighted by Gasteiger charge is -2.33. The number of aliphatic carboxylic acids is 2. The zero-order valence-corrected chi connectivity index (χ0v) is 69.5. The summed E-state index contributed by atoms with van der Waals surface area (Å²) in [7, 11) is 3.41. The van der Waals surface area contributed by atoms with Gasteiger partial charge in [0.1, 0.15) is 17.2 Å². The molecule has 14 aromatic carbocycles. The zero-order valence-electron chi connectivity index (χ0n) is 66.4. The Bertz CT molecular complexity index is 5920. The fraction of sp³-hybridized carbons (Fsp3) is 0.0800. The number of carboxylic acids is 2. The molecule has 0 aliphatic heterocycles. The number of nitrogens with two attached hydrogens (primary N) is 1. The van der Waals surface area contributed by atoms with Crippen LogP contribution in [0.2, 0.25) is 20.1 Å². The molecular weight excluding hydrogens is 1630 g/mol. The zero-order chi connectivity index (χ0) is 86.2. The van der Waals surface area contributed by atoms with Crippen LogP contribution >= 0.6 is 46.4 Å². The first-order chi connectivity index (χ1) is 58.6. The third kappa shape index (κ3) is 26.9. The third-order valence-corrected chi connectivity index (χ3v) is 19.7. The van der Waals surface area contributed by atoms with E-state index in [2.05, 4.69) is 88.7 Å². The Morgan fingerprint density at radius 1 is 0.455 bits per heavy atom. The Morgan fingerprint density at radius 2 is 0.846 bits per heavy atom. The molecule has 123 heavy (non-hydrogen) atoms. The first kappa shape index (κ1) is 94.7. The van der Waals surface area contributed by atoms with Crippen molar-refractivity contribution in [2.45, 2.75) is 33.1 Å². The van der Waals surface area contributed by atoms with E-state index in [0.717, 1.165) is 50.6 Å². The second-order valence-corrected chi connectivity index (χ2v) is 28.5. The SMILES string of the molecule is C.COc1ccc(-c2c(-c3ccccc3)c3cc(Cl)ccc3n2Cc2ccccc2)cc1.COc1ccc(B(O)O)cc1.COc1ccc(C(C(=O)O)N(Cc2ccccc2)c2ccc(Cl)cc2C(=O)c2ccccc2)cc1.Nc1ccc(Cl)cc1C(=O)c1ccccc1.O=C(c1ccccc1)c1cc(Cl)ccc1NCc1ccccc1.O=CC(=O)O.[B]. The van der Waals surface area contributed by atoms with E-state index in [-0.39, 0.29) is 46.0 Å². The molecule has 1 heterocycles. The number of nitrogens with one attached hydrogen (secondary N) is 1. The molecule has 0 bridgehead atoms. The van der Waals surface area contributed by atoms with Gasteiger partial charge in [-0.05, 0) is 160 Å². The smallest absolute Gasteiger partial charge is 0.488 e. The quantitative estimate of drug-likeness (QED) is 0.0108. The molecule has 15 rings (SSSR count). The van der Waals surface area contributed by atoms with Crippen LogP contribution in [0, 0.1) is 0 Å². The summed E-state index contributed by atoms with van der Waals surface area (Å²) in [6.07, 6.45) is -0.167. The molecule has 17 nitrogen and oxygen atoms in total. The van der Waals surface area contributed by atoms with Gasteiger partial charge in [-0.25, -0.2) is 9.59 Å². The van der Waals surface area contributed by atoms with Gasteiger partial charge in [-0.3, -0.25) is 19.2 Å². The average Bonchev–Trinajstić information content (AvgIpc) is 1.59. The lowest BCUT2D eigenvalue weighted by Crippen LogP contribution is -2.35. The standard InChI is InChI=1S/C29H24ClNO4.C28H22ClNO.C20H16ClNO.C13H10ClNO.C7H9BO3.C2H2O3.CH4.B/c1-35-24-15-12-21(13-16-24)27(29(33)34)31(19-20-8-4-2-5-9-20)26-17-14-23(30)18-25(26)28(32)22-10-6-3-7-11-22;1-31-24-15-12-22(13-16-24)28-27(21-10-6-3-7-11-21)25-18-23(29)14-17-26(25)30(28)19-20-8-4-2-5-9-20;21-17-11-12-19(22-14-15-7-3-1-4-8-15)18(13-17)20(23)16-9-5-2-6-10-16;14-10-6-7-12(15)11(8-10)13(16)9-4-2-1-3-5-9;1-11-7-4-2-6(3-5-7)8(9)10;3-1-2(4)5;;/h2-18,27H,19H2,1H3,(H,33,34);2-18H,19H2,1H3;1-13,22H,14H2;1-8H,15H2;2-5,9-10H,1H3;1H,(H,4,5);1H4;. The number of fused-ring (bicyclic) bond motifs is 1. The number of ether oxygens (including phenoxy) is 3. The normalized spacial score (nSPS) is 10.4. The summed E-state index contributed by atoms with van der Waals surface area (Å²) in [5, 5.41) is 41.8. The number of aldehydes is 1. The number of carboxylic acid groups (broad SMARTS) is 2. The maximum Gasteiger partial charge on any atom is 0.488 e. The number of carbonyl (C=O) groups is 6. The largest absolute Gasteiger partial charge is 0.497 e. The number of nitrogens with zero attached hydrogens (tertiary/aromatic N) is 2. The molecule has 1 aromatic heterocycles. The van der Waals surface area contributed by atoms with Crippen LogP contribution in [0.1, 0.15) is 83.5 Å².